The average molecular weight is 946 g/mol. The molecule has 12 nitrogen and oxygen atoms in total. The van der Waals surface area contributed by atoms with Gasteiger partial charge in [0.2, 0.25) is 0 Å². The molecule has 21 heteroatoms. The molecule has 0 atom stereocenters. The van der Waals surface area contributed by atoms with Crippen molar-refractivity contribution in [3.63, 3.8) is 0 Å². The summed E-state index contributed by atoms with van der Waals surface area (Å²) in [6, 6.07) is 24.2. The van der Waals surface area contributed by atoms with Crippen LogP contribution in [0.4, 0.5) is 11.4 Å². The number of nitrogens with one attached hydrogen (secondary N) is 1. The van der Waals surface area contributed by atoms with Crippen LogP contribution in [-0.2, 0) is 19.1 Å². The lowest BCUT2D eigenvalue weighted by Crippen LogP contribution is -2.13. The molecule has 0 saturated carbocycles. The molecule has 3 N–H and O–H groups in total. The summed E-state index contributed by atoms with van der Waals surface area (Å²) in [5.74, 6) is 1.45. The van der Waals surface area contributed by atoms with E-state index in [4.69, 9.17) is 101 Å². The Labute approximate surface area is 361 Å². The number of nitriles is 2. The molecule has 0 radical (unpaired) electrons. The smallest absolute Gasteiger partial charge is 0.263 e. The SMILES string of the molecule is N#Cc1cc(N)ccc1Oc1cncc(Cl)c1.N#Cc1cc(NS(=O)(=O)c2ccc(Cl)cc2Cl)ccc1Oc1cncc(Cl)c1.O=S(=O)(Cl)c1ccc(Cl)cc1Cl. The third kappa shape index (κ3) is 13.4. The van der Waals surface area contributed by atoms with E-state index in [9.17, 15) is 22.1 Å². The zero-order valence-electron chi connectivity index (χ0n) is 28.2. The van der Waals surface area contributed by atoms with Gasteiger partial charge in [0.25, 0.3) is 19.1 Å². The molecule has 0 bridgehead atoms. The molecule has 57 heavy (non-hydrogen) atoms. The fraction of sp³-hybridized carbons (Fsp3) is 0. The molecule has 6 rings (SSSR count). The molecular weight excluding hydrogens is 925 g/mol. The second-order valence-electron chi connectivity index (χ2n) is 10.8. The third-order valence-electron chi connectivity index (χ3n) is 6.63. The summed E-state index contributed by atoms with van der Waals surface area (Å²) in [6.07, 6.45) is 5.90. The van der Waals surface area contributed by atoms with Crippen molar-refractivity contribution in [1.29, 1.82) is 10.5 Å². The molecule has 2 heterocycles. The number of rotatable bonds is 8. The summed E-state index contributed by atoms with van der Waals surface area (Å²) in [5.41, 5.74) is 6.74. The normalized spacial score (nSPS) is 10.7. The van der Waals surface area contributed by atoms with Crippen LogP contribution in [0, 0.1) is 22.7 Å². The van der Waals surface area contributed by atoms with Crippen LogP contribution in [0.3, 0.4) is 0 Å². The third-order valence-corrected chi connectivity index (χ3v) is 11.2. The lowest BCUT2D eigenvalue weighted by atomic mass is 10.2. The van der Waals surface area contributed by atoms with Crippen LogP contribution in [-0.4, -0.2) is 26.8 Å². The first kappa shape index (κ1) is 45.0. The fourth-order valence-corrected chi connectivity index (χ4v) is 8.13. The minimum absolute atomic E-state index is 0.0195. The van der Waals surface area contributed by atoms with Gasteiger partial charge in [-0.1, -0.05) is 69.6 Å². The van der Waals surface area contributed by atoms with Crippen LogP contribution >= 0.6 is 80.3 Å². The van der Waals surface area contributed by atoms with Crippen molar-refractivity contribution in [1.82, 2.24) is 9.97 Å². The van der Waals surface area contributed by atoms with Gasteiger partial charge in [0.15, 0.2) is 0 Å². The van der Waals surface area contributed by atoms with Gasteiger partial charge in [0.05, 0.1) is 49.3 Å². The summed E-state index contributed by atoms with van der Waals surface area (Å²) < 4.78 is 60.2. The van der Waals surface area contributed by atoms with Crippen LogP contribution in [0.2, 0.25) is 30.1 Å². The Morgan fingerprint density at radius 3 is 1.51 bits per heavy atom. The lowest BCUT2D eigenvalue weighted by Gasteiger charge is -2.12. The van der Waals surface area contributed by atoms with E-state index in [2.05, 4.69) is 14.7 Å². The number of halogens is 7. The van der Waals surface area contributed by atoms with Crippen molar-refractivity contribution in [2.75, 3.05) is 10.5 Å². The Morgan fingerprint density at radius 2 is 1.05 bits per heavy atom. The van der Waals surface area contributed by atoms with Gasteiger partial charge in [-0.15, -0.1) is 0 Å². The molecule has 4 aromatic carbocycles. The first-order valence-corrected chi connectivity index (χ1v) is 21.2. The molecule has 0 saturated heterocycles. The predicted octanol–water partition coefficient (Wildman–Crippen LogP) is 11.4. The topological polar surface area (TPSA) is 198 Å². The molecular formula is C36H21Cl7N6O6S2. The molecule has 0 aliphatic rings. The number of benzene rings is 4. The molecule has 0 aliphatic carbocycles. The number of aromatic nitrogens is 2. The average Bonchev–Trinajstić information content (AvgIpc) is 3.12. The number of sulfonamides is 1. The zero-order valence-corrected chi connectivity index (χ0v) is 35.1. The fourth-order valence-electron chi connectivity index (χ4n) is 4.22. The predicted molar refractivity (Wildman–Crippen MR) is 222 cm³/mol. The van der Waals surface area contributed by atoms with Crippen LogP contribution in [0.25, 0.3) is 0 Å². The summed E-state index contributed by atoms with van der Waals surface area (Å²) in [5, 5.41) is 19.9. The van der Waals surface area contributed by atoms with Gasteiger partial charge in [0, 0.05) is 50.9 Å². The molecule has 0 amide bonds. The van der Waals surface area contributed by atoms with E-state index in [-0.39, 0.29) is 36.8 Å². The number of anilines is 2. The first-order valence-electron chi connectivity index (χ1n) is 15.2. The summed E-state index contributed by atoms with van der Waals surface area (Å²) >= 11 is 34.5. The van der Waals surface area contributed by atoms with Crippen molar-refractivity contribution in [3.8, 4) is 35.1 Å². The van der Waals surface area contributed by atoms with Gasteiger partial charge in [0.1, 0.15) is 44.9 Å². The van der Waals surface area contributed by atoms with E-state index >= 15 is 0 Å². The van der Waals surface area contributed by atoms with Gasteiger partial charge in [-0.25, -0.2) is 16.8 Å². The van der Waals surface area contributed by atoms with E-state index in [1.54, 1.807) is 24.3 Å². The van der Waals surface area contributed by atoms with E-state index in [0.717, 1.165) is 0 Å². The Bertz CT molecular complexity index is 2750. The Hall–Kier alpha value is -4.71. The minimum atomic E-state index is -3.98. The second kappa shape index (κ2) is 20.1. The number of nitrogens with zero attached hydrogens (tertiary/aromatic N) is 4. The van der Waals surface area contributed by atoms with E-state index in [1.807, 2.05) is 12.1 Å². The standard InChI is InChI=1S/C18H10Cl3N3O3S.C12H8ClN3O.C6H3Cl3O2S/c19-12-1-4-18(16(21)7-12)28(25,26)24-14-2-3-17(11(5-14)8-22)27-15-6-13(20)9-23-10-15;13-9-4-11(7-16-6-9)17-12-2-1-10(15)3-8(12)5-14;7-4-1-2-6(5(8)3-4)12(9,10)11/h1-7,9-10,24H;1-4,6-7H,15H2;1-3H. The maximum atomic E-state index is 12.6. The Kier molecular flexibility index (Phi) is 15.9. The number of ether oxygens (including phenoxy) is 2. The second-order valence-corrected chi connectivity index (χ2v) is 17.5. The Morgan fingerprint density at radius 1 is 0.579 bits per heavy atom. The maximum Gasteiger partial charge on any atom is 0.263 e. The number of nitrogen functional groups attached to an aromatic ring is 1. The van der Waals surface area contributed by atoms with Crippen molar-refractivity contribution in [2.45, 2.75) is 9.79 Å². The summed E-state index contributed by atoms with van der Waals surface area (Å²) in [7, 11) is -2.69. The van der Waals surface area contributed by atoms with Gasteiger partial charge in [-0.05, 0) is 72.8 Å². The van der Waals surface area contributed by atoms with E-state index < -0.39 is 19.1 Å². The molecule has 6 aromatic rings. The highest BCUT2D eigenvalue weighted by atomic mass is 35.7. The highest BCUT2D eigenvalue weighted by molar-refractivity contribution is 8.13. The molecule has 0 unspecified atom stereocenters. The van der Waals surface area contributed by atoms with Crippen molar-refractivity contribution >= 4 is 111 Å². The van der Waals surface area contributed by atoms with Gasteiger partial charge >= 0.3 is 0 Å². The van der Waals surface area contributed by atoms with Gasteiger partial charge in [-0.3, -0.25) is 14.7 Å². The first-order chi connectivity index (χ1) is 26.9. The summed E-state index contributed by atoms with van der Waals surface area (Å²) in [6.45, 7) is 0. The monoisotopic (exact) mass is 942 g/mol. The number of hydrogen-bond acceptors (Lipinski definition) is 11. The van der Waals surface area contributed by atoms with Gasteiger partial charge in [-0.2, -0.15) is 10.5 Å². The van der Waals surface area contributed by atoms with Crippen LogP contribution in [0.1, 0.15) is 11.1 Å². The number of nitrogens with two attached hydrogens (primary N) is 1. The quantitative estimate of drug-likeness (QED) is 0.109. The highest BCUT2D eigenvalue weighted by Crippen LogP contribution is 2.32. The van der Waals surface area contributed by atoms with E-state index in [0.29, 0.717) is 48.6 Å². The minimum Gasteiger partial charge on any atom is -0.454 e. The summed E-state index contributed by atoms with van der Waals surface area (Å²) in [4.78, 5) is 7.52. The van der Waals surface area contributed by atoms with Gasteiger partial charge < -0.3 is 15.2 Å². The molecule has 0 aliphatic heterocycles. The molecule has 292 valence electrons. The maximum absolute atomic E-state index is 12.6. The number of hydrogen-bond donors (Lipinski definition) is 2. The van der Waals surface area contributed by atoms with E-state index in [1.165, 1.54) is 85.5 Å². The molecule has 0 fully saturated rings. The van der Waals surface area contributed by atoms with Crippen LogP contribution < -0.4 is 19.9 Å². The molecule has 2 aromatic heterocycles. The highest BCUT2D eigenvalue weighted by Gasteiger charge is 2.19. The Balaban J connectivity index is 0.000000210. The van der Waals surface area contributed by atoms with Crippen molar-refractivity contribution in [2.24, 2.45) is 0 Å². The zero-order chi connectivity index (χ0) is 41.9. The lowest BCUT2D eigenvalue weighted by molar-refractivity contribution is 0.478. The van der Waals surface area contributed by atoms with Crippen LogP contribution in [0.5, 0.6) is 23.0 Å². The largest absolute Gasteiger partial charge is 0.454 e. The number of pyridine rings is 2. The molecule has 0 spiro atoms. The van der Waals surface area contributed by atoms with Crippen LogP contribution in [0.15, 0.2) is 120 Å². The van der Waals surface area contributed by atoms with Crippen molar-refractivity contribution < 1.29 is 26.3 Å². The van der Waals surface area contributed by atoms with Crippen molar-refractivity contribution in [3.05, 3.63) is 151 Å².